The third-order valence-corrected chi connectivity index (χ3v) is 4.44. The molecule has 3 N–H and O–H groups in total. The molecule has 1 aliphatic carbocycles. The van der Waals surface area contributed by atoms with Crippen LogP contribution in [-0.2, 0) is 6.54 Å². The number of nitrogens with zero attached hydrogens (tertiary/aromatic N) is 1. The van der Waals surface area contributed by atoms with E-state index in [2.05, 4.69) is 15.6 Å². The van der Waals surface area contributed by atoms with Crippen LogP contribution >= 0.6 is 0 Å². The molecule has 2 aromatic rings. The Kier molecular flexibility index (Phi) is 4.98. The van der Waals surface area contributed by atoms with Crippen LogP contribution in [0.2, 0.25) is 0 Å². The Hall–Kier alpha value is -2.57. The SMILES string of the molecule is O=C(NCCn1c(=O)c(=O)[nH]c2ccccc21)NC1CCCCC1. The zero-order valence-electron chi connectivity index (χ0n) is 13.5. The smallest absolute Gasteiger partial charge is 0.316 e. The molecule has 0 bridgehead atoms. The molecular weight excluding hydrogens is 308 g/mol. The molecule has 1 aromatic heterocycles. The quantitative estimate of drug-likeness (QED) is 0.738. The molecule has 0 saturated heterocycles. The zero-order valence-corrected chi connectivity index (χ0v) is 13.5. The normalized spacial score (nSPS) is 15.3. The number of benzene rings is 1. The lowest BCUT2D eigenvalue weighted by molar-refractivity contribution is 0.232. The van der Waals surface area contributed by atoms with Crippen molar-refractivity contribution in [2.45, 2.75) is 44.7 Å². The summed E-state index contributed by atoms with van der Waals surface area (Å²) < 4.78 is 1.40. The minimum atomic E-state index is -0.652. The highest BCUT2D eigenvalue weighted by Gasteiger charge is 2.15. The number of nitrogens with one attached hydrogen (secondary N) is 3. The van der Waals surface area contributed by atoms with Crippen molar-refractivity contribution in [1.29, 1.82) is 0 Å². The van der Waals surface area contributed by atoms with E-state index in [1.807, 2.05) is 0 Å². The van der Waals surface area contributed by atoms with E-state index in [1.54, 1.807) is 24.3 Å². The first-order valence-corrected chi connectivity index (χ1v) is 8.41. The van der Waals surface area contributed by atoms with Gasteiger partial charge in [-0.05, 0) is 25.0 Å². The second-order valence-corrected chi connectivity index (χ2v) is 6.16. The molecule has 0 spiro atoms. The van der Waals surface area contributed by atoms with Crippen molar-refractivity contribution in [3.8, 4) is 0 Å². The highest BCUT2D eigenvalue weighted by atomic mass is 16.2. The highest BCUT2D eigenvalue weighted by Crippen LogP contribution is 2.17. The molecule has 0 atom stereocenters. The highest BCUT2D eigenvalue weighted by molar-refractivity contribution is 5.75. The van der Waals surface area contributed by atoms with Crippen molar-refractivity contribution in [2.75, 3.05) is 6.54 Å². The van der Waals surface area contributed by atoms with Crippen LogP contribution in [0.5, 0.6) is 0 Å². The Bertz CT molecular complexity index is 834. The number of rotatable bonds is 4. The molecule has 128 valence electrons. The van der Waals surface area contributed by atoms with Gasteiger partial charge in [-0.3, -0.25) is 9.59 Å². The molecule has 0 unspecified atom stereocenters. The predicted octanol–water partition coefficient (Wildman–Crippen LogP) is 1.32. The standard InChI is InChI=1S/C17H22N4O3/c22-15-16(23)21(14-9-5-4-8-13(14)20-15)11-10-18-17(24)19-12-6-2-1-3-7-12/h4-5,8-9,12H,1-3,6-7,10-11H2,(H,20,22)(H2,18,19,24). The van der Waals surface area contributed by atoms with Crippen LogP contribution in [0.1, 0.15) is 32.1 Å². The maximum absolute atomic E-state index is 12.1. The molecular formula is C17H22N4O3. The molecule has 24 heavy (non-hydrogen) atoms. The van der Waals surface area contributed by atoms with Crippen LogP contribution in [0.25, 0.3) is 11.0 Å². The molecule has 3 rings (SSSR count). The van der Waals surface area contributed by atoms with Crippen molar-refractivity contribution < 1.29 is 4.79 Å². The van der Waals surface area contributed by atoms with Crippen LogP contribution in [0.3, 0.4) is 0 Å². The summed E-state index contributed by atoms with van der Waals surface area (Å²) in [7, 11) is 0. The summed E-state index contributed by atoms with van der Waals surface area (Å²) >= 11 is 0. The fraction of sp³-hybridized carbons (Fsp3) is 0.471. The summed E-state index contributed by atoms with van der Waals surface area (Å²) in [6.45, 7) is 0.535. The summed E-state index contributed by atoms with van der Waals surface area (Å²) in [4.78, 5) is 38.3. The number of carbonyl (C=O) groups excluding carboxylic acids is 1. The van der Waals surface area contributed by atoms with E-state index in [-0.39, 0.29) is 25.2 Å². The average molecular weight is 330 g/mol. The number of urea groups is 1. The van der Waals surface area contributed by atoms with Crippen LogP contribution in [0.15, 0.2) is 33.9 Å². The van der Waals surface area contributed by atoms with Gasteiger partial charge in [-0.15, -0.1) is 0 Å². The van der Waals surface area contributed by atoms with Gasteiger partial charge in [-0.25, -0.2) is 4.79 Å². The van der Waals surface area contributed by atoms with E-state index in [0.29, 0.717) is 11.0 Å². The van der Waals surface area contributed by atoms with Gasteiger partial charge in [0.15, 0.2) is 0 Å². The molecule has 0 aliphatic heterocycles. The number of aromatic nitrogens is 2. The van der Waals surface area contributed by atoms with Gasteiger partial charge < -0.3 is 20.2 Å². The largest absolute Gasteiger partial charge is 0.336 e. The number of amides is 2. The van der Waals surface area contributed by atoms with Crippen molar-refractivity contribution in [2.24, 2.45) is 0 Å². The minimum absolute atomic E-state index is 0.218. The number of para-hydroxylation sites is 2. The Morgan fingerprint density at radius 1 is 1.17 bits per heavy atom. The fourth-order valence-electron chi connectivity index (χ4n) is 3.21. The van der Waals surface area contributed by atoms with E-state index in [0.717, 1.165) is 25.7 Å². The Morgan fingerprint density at radius 2 is 1.92 bits per heavy atom. The molecule has 1 aliphatic rings. The van der Waals surface area contributed by atoms with E-state index in [9.17, 15) is 14.4 Å². The van der Waals surface area contributed by atoms with Gasteiger partial charge in [0.25, 0.3) is 0 Å². The molecule has 1 fully saturated rings. The van der Waals surface area contributed by atoms with Crippen molar-refractivity contribution >= 4 is 17.1 Å². The van der Waals surface area contributed by atoms with E-state index in [1.165, 1.54) is 11.0 Å². The first kappa shape index (κ1) is 16.3. The second-order valence-electron chi connectivity index (χ2n) is 6.16. The summed E-state index contributed by atoms with van der Waals surface area (Å²) in [5, 5.41) is 5.73. The molecule has 1 aromatic carbocycles. The van der Waals surface area contributed by atoms with Gasteiger partial charge in [0, 0.05) is 19.1 Å². The maximum atomic E-state index is 12.1. The molecule has 7 nitrogen and oxygen atoms in total. The molecule has 1 heterocycles. The molecule has 0 radical (unpaired) electrons. The van der Waals surface area contributed by atoms with E-state index < -0.39 is 11.1 Å². The Morgan fingerprint density at radius 3 is 2.71 bits per heavy atom. The zero-order chi connectivity index (χ0) is 16.9. The topological polar surface area (TPSA) is 96.0 Å². The Balaban J connectivity index is 1.63. The van der Waals surface area contributed by atoms with Gasteiger partial charge in [-0.2, -0.15) is 0 Å². The molecule has 2 amide bonds. The van der Waals surface area contributed by atoms with Crippen molar-refractivity contribution in [1.82, 2.24) is 20.2 Å². The number of H-pyrrole nitrogens is 1. The van der Waals surface area contributed by atoms with Crippen LogP contribution < -0.4 is 21.8 Å². The van der Waals surface area contributed by atoms with Crippen molar-refractivity contribution in [3.63, 3.8) is 0 Å². The maximum Gasteiger partial charge on any atom is 0.316 e. The van der Waals surface area contributed by atoms with Crippen LogP contribution in [0.4, 0.5) is 4.79 Å². The average Bonchev–Trinajstić information content (AvgIpc) is 2.59. The number of carbonyl (C=O) groups is 1. The first-order valence-electron chi connectivity index (χ1n) is 8.41. The van der Waals surface area contributed by atoms with E-state index >= 15 is 0 Å². The third-order valence-electron chi connectivity index (χ3n) is 4.44. The third kappa shape index (κ3) is 3.67. The lowest BCUT2D eigenvalue weighted by atomic mass is 9.96. The lowest BCUT2D eigenvalue weighted by Crippen LogP contribution is -2.45. The number of aromatic amines is 1. The molecule has 1 saturated carbocycles. The second kappa shape index (κ2) is 7.33. The van der Waals surface area contributed by atoms with Gasteiger partial charge in [0.05, 0.1) is 11.0 Å². The van der Waals surface area contributed by atoms with Gasteiger partial charge >= 0.3 is 17.1 Å². The summed E-state index contributed by atoms with van der Waals surface area (Å²) in [6, 6.07) is 7.14. The summed E-state index contributed by atoms with van der Waals surface area (Å²) in [5.41, 5.74) is -0.00566. The predicted molar refractivity (Wildman–Crippen MR) is 92.2 cm³/mol. The lowest BCUT2D eigenvalue weighted by Gasteiger charge is -2.22. The monoisotopic (exact) mass is 330 g/mol. The van der Waals surface area contributed by atoms with Gasteiger partial charge in [-0.1, -0.05) is 31.4 Å². The number of hydrogen-bond acceptors (Lipinski definition) is 3. The van der Waals surface area contributed by atoms with Crippen molar-refractivity contribution in [3.05, 3.63) is 45.0 Å². The Labute approximate surface area is 139 Å². The van der Waals surface area contributed by atoms with Crippen LogP contribution in [0, 0.1) is 0 Å². The first-order chi connectivity index (χ1) is 11.6. The summed E-state index contributed by atoms with van der Waals surface area (Å²) in [6.07, 6.45) is 5.58. The van der Waals surface area contributed by atoms with Gasteiger partial charge in [0.2, 0.25) is 0 Å². The van der Waals surface area contributed by atoms with Crippen LogP contribution in [-0.4, -0.2) is 28.2 Å². The molecule has 7 heteroatoms. The van der Waals surface area contributed by atoms with Gasteiger partial charge in [0.1, 0.15) is 0 Å². The summed E-state index contributed by atoms with van der Waals surface area (Å²) in [5.74, 6) is 0. The minimum Gasteiger partial charge on any atom is -0.336 e. The number of fused-ring (bicyclic) bond motifs is 1. The fourth-order valence-corrected chi connectivity index (χ4v) is 3.21. The van der Waals surface area contributed by atoms with E-state index in [4.69, 9.17) is 0 Å². The number of hydrogen-bond donors (Lipinski definition) is 3.